The second kappa shape index (κ2) is 6.17. The van der Waals surface area contributed by atoms with Crippen molar-refractivity contribution in [3.63, 3.8) is 0 Å². The molecule has 1 unspecified atom stereocenters. The van der Waals surface area contributed by atoms with Gasteiger partial charge >= 0.3 is 0 Å². The van der Waals surface area contributed by atoms with E-state index in [1.807, 2.05) is 30.0 Å². The number of amides is 1. The summed E-state index contributed by atoms with van der Waals surface area (Å²) < 4.78 is 0. The number of aryl methyl sites for hydroxylation is 2. The van der Waals surface area contributed by atoms with Crippen molar-refractivity contribution >= 4 is 11.6 Å². The minimum absolute atomic E-state index is 0.0163. The lowest BCUT2D eigenvalue weighted by Gasteiger charge is -2.29. The van der Waals surface area contributed by atoms with Crippen molar-refractivity contribution in [2.75, 3.05) is 25.0 Å². The lowest BCUT2D eigenvalue weighted by molar-refractivity contribution is -0.118. The lowest BCUT2D eigenvalue weighted by Crippen LogP contribution is -2.42. The standard InChI is InChI=1S/C15H22N2O2/c1-11-5-6-13(8-12(11)2)16-15(19)10-17-7-3-4-14(18)9-17/h5-6,8,14,18H,3-4,7,9-10H2,1-2H3,(H,16,19). The van der Waals surface area contributed by atoms with Crippen molar-refractivity contribution in [1.82, 2.24) is 4.90 Å². The molecule has 104 valence electrons. The van der Waals surface area contributed by atoms with E-state index in [0.29, 0.717) is 13.1 Å². The number of carbonyl (C=O) groups is 1. The smallest absolute Gasteiger partial charge is 0.238 e. The zero-order valence-electron chi connectivity index (χ0n) is 11.6. The van der Waals surface area contributed by atoms with E-state index in [0.717, 1.165) is 25.1 Å². The van der Waals surface area contributed by atoms with Gasteiger partial charge in [0, 0.05) is 12.2 Å². The molecule has 0 aromatic heterocycles. The number of rotatable bonds is 3. The van der Waals surface area contributed by atoms with Crippen LogP contribution in [0.3, 0.4) is 0 Å². The third-order valence-corrected chi connectivity index (χ3v) is 3.64. The van der Waals surface area contributed by atoms with Crippen LogP contribution in [0.25, 0.3) is 0 Å². The molecule has 2 N–H and O–H groups in total. The first-order valence-electron chi connectivity index (χ1n) is 6.82. The molecule has 0 spiro atoms. The SMILES string of the molecule is Cc1ccc(NC(=O)CN2CCCC(O)C2)cc1C. The second-order valence-electron chi connectivity index (χ2n) is 5.38. The maximum atomic E-state index is 11.9. The van der Waals surface area contributed by atoms with Gasteiger partial charge in [0.25, 0.3) is 0 Å². The van der Waals surface area contributed by atoms with E-state index >= 15 is 0 Å². The molecule has 1 heterocycles. The lowest BCUT2D eigenvalue weighted by atomic mass is 10.1. The molecule has 1 aliphatic heterocycles. The van der Waals surface area contributed by atoms with Gasteiger partial charge in [-0.1, -0.05) is 6.07 Å². The summed E-state index contributed by atoms with van der Waals surface area (Å²) in [6, 6.07) is 5.92. The molecule has 1 aromatic carbocycles. The van der Waals surface area contributed by atoms with Crippen LogP contribution in [0, 0.1) is 13.8 Å². The number of aliphatic hydroxyl groups excluding tert-OH is 1. The van der Waals surface area contributed by atoms with Crippen LogP contribution in [0.5, 0.6) is 0 Å². The molecule has 1 aromatic rings. The molecular formula is C15H22N2O2. The Balaban J connectivity index is 1.88. The highest BCUT2D eigenvalue weighted by atomic mass is 16.3. The van der Waals surface area contributed by atoms with Crippen molar-refractivity contribution < 1.29 is 9.90 Å². The van der Waals surface area contributed by atoms with E-state index < -0.39 is 0 Å². The number of nitrogens with zero attached hydrogens (tertiary/aromatic N) is 1. The Kier molecular flexibility index (Phi) is 4.56. The molecule has 1 amide bonds. The number of likely N-dealkylation sites (tertiary alicyclic amines) is 1. The Morgan fingerprint density at radius 1 is 1.42 bits per heavy atom. The van der Waals surface area contributed by atoms with Crippen LogP contribution < -0.4 is 5.32 Å². The number of hydrogen-bond donors (Lipinski definition) is 2. The number of hydrogen-bond acceptors (Lipinski definition) is 3. The largest absolute Gasteiger partial charge is 0.392 e. The summed E-state index contributed by atoms with van der Waals surface area (Å²) in [5.74, 6) is -0.0163. The fourth-order valence-electron chi connectivity index (χ4n) is 2.40. The molecule has 1 atom stereocenters. The molecule has 4 heteroatoms. The van der Waals surface area contributed by atoms with E-state index in [1.165, 1.54) is 11.1 Å². The van der Waals surface area contributed by atoms with Crippen molar-refractivity contribution in [1.29, 1.82) is 0 Å². The third-order valence-electron chi connectivity index (χ3n) is 3.64. The summed E-state index contributed by atoms with van der Waals surface area (Å²) in [6.45, 7) is 5.92. The maximum absolute atomic E-state index is 11.9. The highest BCUT2D eigenvalue weighted by molar-refractivity contribution is 5.92. The van der Waals surface area contributed by atoms with Crippen LogP contribution >= 0.6 is 0 Å². The van der Waals surface area contributed by atoms with Gasteiger partial charge in [0.2, 0.25) is 5.91 Å². The summed E-state index contributed by atoms with van der Waals surface area (Å²) in [5, 5.41) is 12.5. The predicted octanol–water partition coefficient (Wildman–Crippen LogP) is 1.70. The van der Waals surface area contributed by atoms with Crippen molar-refractivity contribution in [3.05, 3.63) is 29.3 Å². The fraction of sp³-hybridized carbons (Fsp3) is 0.533. The van der Waals surface area contributed by atoms with E-state index in [-0.39, 0.29) is 12.0 Å². The van der Waals surface area contributed by atoms with Gasteiger partial charge in [-0.3, -0.25) is 9.69 Å². The fourth-order valence-corrected chi connectivity index (χ4v) is 2.40. The highest BCUT2D eigenvalue weighted by Gasteiger charge is 2.19. The number of β-amino-alcohol motifs (C(OH)–C–C–N with tert-alkyl or cyclic N) is 1. The van der Waals surface area contributed by atoms with Crippen molar-refractivity contribution in [2.45, 2.75) is 32.8 Å². The van der Waals surface area contributed by atoms with Crippen LogP contribution in [-0.4, -0.2) is 41.7 Å². The highest BCUT2D eigenvalue weighted by Crippen LogP contribution is 2.14. The summed E-state index contributed by atoms with van der Waals surface area (Å²) in [4.78, 5) is 14.0. The van der Waals surface area contributed by atoms with Gasteiger partial charge in [-0.15, -0.1) is 0 Å². The minimum Gasteiger partial charge on any atom is -0.392 e. The maximum Gasteiger partial charge on any atom is 0.238 e. The van der Waals surface area contributed by atoms with E-state index in [1.54, 1.807) is 0 Å². The van der Waals surface area contributed by atoms with Gasteiger partial charge in [-0.2, -0.15) is 0 Å². The molecule has 0 aliphatic carbocycles. The Hall–Kier alpha value is -1.39. The van der Waals surface area contributed by atoms with Crippen molar-refractivity contribution in [2.24, 2.45) is 0 Å². The first kappa shape index (κ1) is 14.0. The second-order valence-corrected chi connectivity index (χ2v) is 5.38. The number of carbonyl (C=O) groups excluding carboxylic acids is 1. The van der Waals surface area contributed by atoms with Crippen LogP contribution in [-0.2, 0) is 4.79 Å². The van der Waals surface area contributed by atoms with Gasteiger partial charge in [0.1, 0.15) is 0 Å². The molecule has 0 radical (unpaired) electrons. The molecule has 1 aliphatic rings. The van der Waals surface area contributed by atoms with Gasteiger partial charge < -0.3 is 10.4 Å². The molecular weight excluding hydrogens is 240 g/mol. The Labute approximate surface area is 114 Å². The quantitative estimate of drug-likeness (QED) is 0.871. The van der Waals surface area contributed by atoms with Crippen LogP contribution in [0.2, 0.25) is 0 Å². The third kappa shape index (κ3) is 4.04. The molecule has 4 nitrogen and oxygen atoms in total. The normalized spacial score (nSPS) is 20.3. The monoisotopic (exact) mass is 262 g/mol. The van der Waals surface area contributed by atoms with Crippen LogP contribution in [0.4, 0.5) is 5.69 Å². The first-order chi connectivity index (χ1) is 9.04. The summed E-state index contributed by atoms with van der Waals surface area (Å²) in [5.41, 5.74) is 3.23. The number of anilines is 1. The number of benzene rings is 1. The predicted molar refractivity (Wildman–Crippen MR) is 76.2 cm³/mol. The van der Waals surface area contributed by atoms with E-state index in [2.05, 4.69) is 12.2 Å². The van der Waals surface area contributed by atoms with Crippen molar-refractivity contribution in [3.8, 4) is 0 Å². The van der Waals surface area contributed by atoms with Gasteiger partial charge in [0.05, 0.1) is 12.6 Å². The van der Waals surface area contributed by atoms with Crippen LogP contribution in [0.15, 0.2) is 18.2 Å². The Morgan fingerprint density at radius 3 is 2.89 bits per heavy atom. The zero-order valence-corrected chi connectivity index (χ0v) is 11.6. The number of piperidine rings is 1. The van der Waals surface area contributed by atoms with Crippen LogP contribution in [0.1, 0.15) is 24.0 Å². The minimum atomic E-state index is -0.289. The van der Waals surface area contributed by atoms with Gasteiger partial charge in [0.15, 0.2) is 0 Å². The first-order valence-corrected chi connectivity index (χ1v) is 6.82. The van der Waals surface area contributed by atoms with Gasteiger partial charge in [-0.25, -0.2) is 0 Å². The molecule has 19 heavy (non-hydrogen) atoms. The molecule has 1 fully saturated rings. The number of nitrogens with one attached hydrogen (secondary N) is 1. The summed E-state index contributed by atoms with van der Waals surface area (Å²) in [6.07, 6.45) is 1.51. The van der Waals surface area contributed by atoms with E-state index in [4.69, 9.17) is 0 Å². The Morgan fingerprint density at radius 2 is 2.21 bits per heavy atom. The average molecular weight is 262 g/mol. The Bertz CT molecular complexity index is 459. The topological polar surface area (TPSA) is 52.6 Å². The summed E-state index contributed by atoms with van der Waals surface area (Å²) in [7, 11) is 0. The average Bonchev–Trinajstić information content (AvgIpc) is 2.34. The zero-order chi connectivity index (χ0) is 13.8. The van der Waals surface area contributed by atoms with E-state index in [9.17, 15) is 9.90 Å². The molecule has 1 saturated heterocycles. The molecule has 0 bridgehead atoms. The molecule has 0 saturated carbocycles. The van der Waals surface area contributed by atoms with Gasteiger partial charge in [-0.05, 0) is 56.5 Å². The number of aliphatic hydroxyl groups is 1. The molecule has 2 rings (SSSR count). The summed E-state index contributed by atoms with van der Waals surface area (Å²) >= 11 is 0.